The molecule has 0 N–H and O–H groups in total. The maximum atomic E-state index is 13.8. The molecule has 0 spiro atoms. The van der Waals surface area contributed by atoms with Crippen molar-refractivity contribution in [2.75, 3.05) is 0 Å². The maximum absolute atomic E-state index is 13.8. The van der Waals surface area contributed by atoms with Crippen molar-refractivity contribution in [1.82, 2.24) is 13.5 Å². The monoisotopic (exact) mass is 549 g/mol. The fraction of sp³-hybridized carbons (Fsp3) is 0.125. The summed E-state index contributed by atoms with van der Waals surface area (Å²) in [6.45, 7) is 1.83. The summed E-state index contributed by atoms with van der Waals surface area (Å²) in [4.78, 5) is 4.10. The highest BCUT2D eigenvalue weighted by Gasteiger charge is 2.48. The van der Waals surface area contributed by atoms with Gasteiger partial charge in [0.05, 0.1) is 16.1 Å². The first kappa shape index (κ1) is 24.8. The summed E-state index contributed by atoms with van der Waals surface area (Å²) >= 11 is 0. The van der Waals surface area contributed by atoms with Crippen LogP contribution in [0.15, 0.2) is 78.1 Å². The van der Waals surface area contributed by atoms with Crippen LogP contribution in [0, 0.1) is 6.92 Å². The van der Waals surface area contributed by atoms with Crippen molar-refractivity contribution in [2.24, 2.45) is 7.05 Å². The van der Waals surface area contributed by atoms with E-state index in [1.165, 1.54) is 30.6 Å². The van der Waals surface area contributed by atoms with E-state index in [-0.39, 0.29) is 16.0 Å². The highest BCUT2D eigenvalue weighted by molar-refractivity contribution is 7.90. The summed E-state index contributed by atoms with van der Waals surface area (Å²) in [6.07, 6.45) is 4.55. The van der Waals surface area contributed by atoms with Crippen LogP contribution < -0.4 is 4.18 Å². The van der Waals surface area contributed by atoms with Crippen LogP contribution >= 0.6 is 0 Å². The van der Waals surface area contributed by atoms with E-state index >= 15 is 0 Å². The highest BCUT2D eigenvalue weighted by Crippen LogP contribution is 2.38. The zero-order chi connectivity index (χ0) is 26.8. The molecule has 192 valence electrons. The third-order valence-electron chi connectivity index (χ3n) is 5.84. The van der Waals surface area contributed by atoms with Gasteiger partial charge >= 0.3 is 15.6 Å². The summed E-state index contributed by atoms with van der Waals surface area (Å²) in [6, 6.07) is 13.1. The van der Waals surface area contributed by atoms with Gasteiger partial charge in [0.25, 0.3) is 10.0 Å². The number of rotatable bonds is 5. The van der Waals surface area contributed by atoms with Gasteiger partial charge in [-0.15, -0.1) is 0 Å². The van der Waals surface area contributed by atoms with Gasteiger partial charge in [0.2, 0.25) is 0 Å². The van der Waals surface area contributed by atoms with Gasteiger partial charge in [-0.2, -0.15) is 21.6 Å². The highest BCUT2D eigenvalue weighted by atomic mass is 32.2. The van der Waals surface area contributed by atoms with E-state index < -0.39 is 31.4 Å². The van der Waals surface area contributed by atoms with E-state index in [1.807, 2.05) is 6.92 Å². The van der Waals surface area contributed by atoms with Crippen molar-refractivity contribution in [1.29, 1.82) is 0 Å². The first-order chi connectivity index (χ1) is 17.3. The minimum Gasteiger partial charge on any atom is -0.376 e. The predicted octanol–water partition coefficient (Wildman–Crippen LogP) is 4.97. The van der Waals surface area contributed by atoms with E-state index in [4.69, 9.17) is 0 Å². The largest absolute Gasteiger partial charge is 0.534 e. The minimum atomic E-state index is -5.90. The Morgan fingerprint density at radius 3 is 2.30 bits per heavy atom. The van der Waals surface area contributed by atoms with Crippen LogP contribution in [-0.4, -0.2) is 35.9 Å². The van der Waals surface area contributed by atoms with E-state index in [0.717, 1.165) is 21.7 Å². The molecule has 0 unspecified atom stereocenters. The summed E-state index contributed by atoms with van der Waals surface area (Å²) in [5.41, 5.74) is -3.34. The Labute approximate surface area is 209 Å². The fourth-order valence-corrected chi connectivity index (χ4v) is 6.07. The smallest absolute Gasteiger partial charge is 0.376 e. The normalized spacial score (nSPS) is 12.9. The van der Waals surface area contributed by atoms with E-state index in [1.54, 1.807) is 42.1 Å². The Morgan fingerprint density at radius 1 is 0.919 bits per heavy atom. The van der Waals surface area contributed by atoms with Gasteiger partial charge in [0.1, 0.15) is 5.75 Å². The Kier molecular flexibility index (Phi) is 5.60. The third kappa shape index (κ3) is 4.13. The molecule has 0 fully saturated rings. The second-order valence-corrected chi connectivity index (χ2v) is 11.7. The average Bonchev–Trinajstić information content (AvgIpc) is 3.36. The van der Waals surface area contributed by atoms with Gasteiger partial charge in [-0.3, -0.25) is 4.98 Å². The molecule has 13 heteroatoms. The second-order valence-electron chi connectivity index (χ2n) is 8.36. The molecule has 37 heavy (non-hydrogen) atoms. The zero-order valence-electron chi connectivity index (χ0n) is 19.3. The minimum absolute atomic E-state index is 0.0363. The predicted molar refractivity (Wildman–Crippen MR) is 131 cm³/mol. The van der Waals surface area contributed by atoms with Crippen molar-refractivity contribution in [2.45, 2.75) is 17.3 Å². The standard InChI is InChI=1S/C24H18F3N3O5S2/c1-15-3-6-18(7-4-15)36(31,32)30-21-9-10-28-13-16(21)11-23(30)20-14-29(2)22-8-5-17(12-19(20)22)35-37(33,34)24(25,26)27/h3-14H,1-2H3. The van der Waals surface area contributed by atoms with Crippen molar-refractivity contribution in [3.05, 3.63) is 78.8 Å². The molecule has 8 nitrogen and oxygen atoms in total. The number of fused-ring (bicyclic) bond motifs is 2. The number of pyridine rings is 1. The number of aromatic nitrogens is 3. The lowest BCUT2D eigenvalue weighted by Crippen LogP contribution is -2.28. The first-order valence-electron chi connectivity index (χ1n) is 10.7. The SMILES string of the molecule is Cc1ccc(S(=O)(=O)n2c(-c3cn(C)c4ccc(OS(=O)(=O)C(F)(F)F)cc34)cc3cnccc32)cc1. The quantitative estimate of drug-likeness (QED) is 0.227. The lowest BCUT2D eigenvalue weighted by atomic mass is 10.1. The molecule has 3 heterocycles. The van der Waals surface area contributed by atoms with Gasteiger partial charge in [-0.05, 0) is 49.4 Å². The van der Waals surface area contributed by atoms with Crippen molar-refractivity contribution in [3.63, 3.8) is 0 Å². The molecule has 0 bridgehead atoms. The Morgan fingerprint density at radius 2 is 1.62 bits per heavy atom. The number of alkyl halides is 3. The second kappa shape index (κ2) is 8.35. The van der Waals surface area contributed by atoms with Crippen LogP contribution in [0.2, 0.25) is 0 Å². The van der Waals surface area contributed by atoms with Crippen molar-refractivity contribution < 1.29 is 34.2 Å². The molecule has 2 aromatic carbocycles. The summed E-state index contributed by atoms with van der Waals surface area (Å²) < 4.78 is 96.5. The summed E-state index contributed by atoms with van der Waals surface area (Å²) in [7, 11) is -8.36. The molecule has 5 rings (SSSR count). The average molecular weight is 550 g/mol. The Bertz CT molecular complexity index is 1890. The van der Waals surface area contributed by atoms with Crippen LogP contribution in [0.5, 0.6) is 5.75 Å². The fourth-order valence-electron chi connectivity index (χ4n) is 4.09. The molecular formula is C24H18F3N3O5S2. The molecule has 0 aliphatic carbocycles. The van der Waals surface area contributed by atoms with Gasteiger partial charge in [-0.25, -0.2) is 12.4 Å². The van der Waals surface area contributed by atoms with Crippen LogP contribution in [0.1, 0.15) is 5.56 Å². The van der Waals surface area contributed by atoms with Gasteiger partial charge in [0.15, 0.2) is 0 Å². The molecule has 0 amide bonds. The molecule has 5 aromatic rings. The van der Waals surface area contributed by atoms with Crippen molar-refractivity contribution in [3.8, 4) is 17.0 Å². The number of benzene rings is 2. The number of hydrogen-bond donors (Lipinski definition) is 0. The van der Waals surface area contributed by atoms with Crippen LogP contribution in [0.4, 0.5) is 13.2 Å². The topological polar surface area (TPSA) is 100 Å². The van der Waals surface area contributed by atoms with Crippen LogP contribution in [0.25, 0.3) is 33.1 Å². The molecule has 0 radical (unpaired) electrons. The number of nitrogens with zero attached hydrogens (tertiary/aromatic N) is 3. The molecule has 0 saturated heterocycles. The lowest BCUT2D eigenvalue weighted by molar-refractivity contribution is -0.0500. The Hall–Kier alpha value is -3.84. The maximum Gasteiger partial charge on any atom is 0.534 e. The van der Waals surface area contributed by atoms with Gasteiger partial charge in [0, 0.05) is 47.5 Å². The van der Waals surface area contributed by atoms with E-state index in [0.29, 0.717) is 22.0 Å². The van der Waals surface area contributed by atoms with Crippen LogP contribution in [-0.2, 0) is 27.2 Å². The lowest BCUT2D eigenvalue weighted by Gasteiger charge is -2.12. The van der Waals surface area contributed by atoms with E-state index in [9.17, 15) is 30.0 Å². The van der Waals surface area contributed by atoms with Gasteiger partial charge < -0.3 is 8.75 Å². The molecule has 0 saturated carbocycles. The summed E-state index contributed by atoms with van der Waals surface area (Å²) in [5.74, 6) is -0.567. The first-order valence-corrected chi connectivity index (χ1v) is 13.5. The number of aryl methyl sites for hydroxylation is 2. The molecule has 0 aliphatic rings. The molecule has 0 aliphatic heterocycles. The van der Waals surface area contributed by atoms with E-state index in [2.05, 4.69) is 9.17 Å². The molecule has 0 atom stereocenters. The number of hydrogen-bond acceptors (Lipinski definition) is 6. The molecular weight excluding hydrogens is 531 g/mol. The Balaban J connectivity index is 1.77. The summed E-state index contributed by atoms with van der Waals surface area (Å²) in [5, 5.41) is 0.797. The zero-order valence-corrected chi connectivity index (χ0v) is 20.9. The van der Waals surface area contributed by atoms with Crippen molar-refractivity contribution >= 4 is 41.9 Å². The molecule has 3 aromatic heterocycles. The van der Waals surface area contributed by atoms with Crippen LogP contribution in [0.3, 0.4) is 0 Å². The number of halogens is 3. The third-order valence-corrected chi connectivity index (χ3v) is 8.56. The van der Waals surface area contributed by atoms with Gasteiger partial charge in [-0.1, -0.05) is 17.7 Å².